The Kier molecular flexibility index (Phi) is 60.3. The van der Waals surface area contributed by atoms with Crippen LogP contribution < -0.4 is 0 Å². The number of rotatable bonds is 69. The zero-order chi connectivity index (χ0) is 67.5. The first-order chi connectivity index (χ1) is 43.6. The third-order valence-corrected chi connectivity index (χ3v) is 18.5. The van der Waals surface area contributed by atoms with Crippen molar-refractivity contribution in [3.63, 3.8) is 0 Å². The van der Waals surface area contributed by atoms with Crippen molar-refractivity contribution in [1.82, 2.24) is 0 Å². The molecule has 17 nitrogen and oxygen atoms in total. The summed E-state index contributed by atoms with van der Waals surface area (Å²) in [4.78, 5) is 72.6. The third kappa shape index (κ3) is 66.5. The van der Waals surface area contributed by atoms with Crippen LogP contribution in [0.1, 0.15) is 357 Å². The van der Waals surface area contributed by atoms with Crippen LogP contribution in [0.15, 0.2) is 0 Å². The fourth-order valence-corrected chi connectivity index (χ4v) is 12.4. The van der Waals surface area contributed by atoms with Gasteiger partial charge in [0.15, 0.2) is 12.2 Å². The number of ether oxygens (including phenoxy) is 4. The number of esters is 4. The summed E-state index contributed by atoms with van der Waals surface area (Å²) < 4.78 is 68.3. The van der Waals surface area contributed by atoms with Crippen LogP contribution in [0.5, 0.6) is 0 Å². The van der Waals surface area contributed by atoms with Crippen LogP contribution in [-0.2, 0) is 65.4 Å². The molecule has 5 atom stereocenters. The van der Waals surface area contributed by atoms with Crippen molar-refractivity contribution < 1.29 is 80.2 Å². The SMILES string of the molecule is CC(C)CCCCCCCCCCCCCCCCC(=O)OC[C@H](COP(=O)(O)OC[C@@H](O)COP(=O)(O)OC[C@@H](COC(=O)CCCCCCCCC(C)C)OC(=O)CCCCCCCCCCCCCCC(C)C)OC(=O)CCCCCCCCCC(C)C. The zero-order valence-corrected chi connectivity index (χ0v) is 61.3. The van der Waals surface area contributed by atoms with E-state index >= 15 is 0 Å². The molecule has 3 N–H and O–H groups in total. The maximum absolute atomic E-state index is 13.0. The van der Waals surface area contributed by atoms with Crippen molar-refractivity contribution in [1.29, 1.82) is 0 Å². The summed E-state index contributed by atoms with van der Waals surface area (Å²) in [5.74, 6) is 0.821. The van der Waals surface area contributed by atoms with Gasteiger partial charge in [-0.05, 0) is 49.4 Å². The normalized spacial score (nSPS) is 14.2. The number of aliphatic hydroxyl groups excluding tert-OH is 1. The van der Waals surface area contributed by atoms with Crippen LogP contribution >= 0.6 is 15.6 Å². The zero-order valence-electron chi connectivity index (χ0n) is 59.5. The highest BCUT2D eigenvalue weighted by atomic mass is 31.2. The number of carbonyl (C=O) groups is 4. The van der Waals surface area contributed by atoms with Gasteiger partial charge in [0.25, 0.3) is 0 Å². The smallest absolute Gasteiger partial charge is 0.462 e. The second-order valence-electron chi connectivity index (χ2n) is 27.9. The molecule has 0 saturated carbocycles. The Morgan fingerprint density at radius 2 is 0.462 bits per heavy atom. The Bertz CT molecular complexity index is 1800. The van der Waals surface area contributed by atoms with Crippen LogP contribution in [0.2, 0.25) is 0 Å². The number of carbonyl (C=O) groups excluding carboxylic acids is 4. The number of unbranched alkanes of at least 4 members (excludes halogenated alkanes) is 35. The van der Waals surface area contributed by atoms with Gasteiger partial charge >= 0.3 is 39.5 Å². The van der Waals surface area contributed by atoms with E-state index in [-0.39, 0.29) is 25.7 Å². The largest absolute Gasteiger partial charge is 0.472 e. The lowest BCUT2D eigenvalue weighted by atomic mass is 10.0. The molecule has 0 bridgehead atoms. The van der Waals surface area contributed by atoms with Crippen molar-refractivity contribution in [3.8, 4) is 0 Å². The molecule has 0 rings (SSSR count). The summed E-state index contributed by atoms with van der Waals surface area (Å²) in [6, 6.07) is 0. The lowest BCUT2D eigenvalue weighted by molar-refractivity contribution is -0.161. The Labute approximate surface area is 556 Å². The van der Waals surface area contributed by atoms with E-state index in [0.717, 1.165) is 108 Å². The summed E-state index contributed by atoms with van der Waals surface area (Å²) in [6.07, 6.45) is 44.7. The Morgan fingerprint density at radius 3 is 0.681 bits per heavy atom. The van der Waals surface area contributed by atoms with E-state index in [4.69, 9.17) is 37.0 Å². The van der Waals surface area contributed by atoms with Crippen LogP contribution in [0, 0.1) is 23.7 Å². The van der Waals surface area contributed by atoms with E-state index in [0.29, 0.717) is 37.5 Å². The van der Waals surface area contributed by atoms with E-state index in [2.05, 4.69) is 55.4 Å². The molecule has 0 aromatic heterocycles. The van der Waals surface area contributed by atoms with Gasteiger partial charge in [-0.25, -0.2) is 9.13 Å². The Balaban J connectivity index is 5.19. The molecule has 0 aliphatic rings. The first-order valence-electron chi connectivity index (χ1n) is 37.2. The predicted molar refractivity (Wildman–Crippen MR) is 367 cm³/mol. The second kappa shape index (κ2) is 61.6. The number of hydrogen-bond donors (Lipinski definition) is 3. The van der Waals surface area contributed by atoms with Crippen molar-refractivity contribution in [3.05, 3.63) is 0 Å². The fraction of sp³-hybridized carbons (Fsp3) is 0.944. The summed E-state index contributed by atoms with van der Waals surface area (Å²) in [6.45, 7) is 14.1. The van der Waals surface area contributed by atoms with Gasteiger partial charge in [0.1, 0.15) is 19.3 Å². The average Bonchev–Trinajstić information content (AvgIpc) is 3.71. The molecule has 0 fully saturated rings. The maximum Gasteiger partial charge on any atom is 0.472 e. The molecule has 0 aromatic carbocycles. The molecule has 0 amide bonds. The molecule has 0 saturated heterocycles. The lowest BCUT2D eigenvalue weighted by Crippen LogP contribution is -2.30. The highest BCUT2D eigenvalue weighted by molar-refractivity contribution is 7.47. The van der Waals surface area contributed by atoms with E-state index in [1.807, 2.05) is 0 Å². The molecule has 19 heteroatoms. The Morgan fingerprint density at radius 1 is 0.275 bits per heavy atom. The molecule has 0 spiro atoms. The van der Waals surface area contributed by atoms with Gasteiger partial charge in [0.2, 0.25) is 0 Å². The van der Waals surface area contributed by atoms with E-state index in [9.17, 15) is 43.2 Å². The summed E-state index contributed by atoms with van der Waals surface area (Å²) in [5, 5.41) is 10.6. The molecular formula is C72H140O17P2. The maximum atomic E-state index is 13.0. The average molecular weight is 1340 g/mol. The minimum atomic E-state index is -4.95. The quantitative estimate of drug-likeness (QED) is 0.0222. The summed E-state index contributed by atoms with van der Waals surface area (Å²) in [7, 11) is -9.90. The summed E-state index contributed by atoms with van der Waals surface area (Å²) in [5.41, 5.74) is 0. The van der Waals surface area contributed by atoms with E-state index < -0.39 is 97.5 Å². The number of phosphoric acid groups is 2. The highest BCUT2D eigenvalue weighted by Gasteiger charge is 2.30. The minimum absolute atomic E-state index is 0.103. The molecule has 0 heterocycles. The van der Waals surface area contributed by atoms with Crippen molar-refractivity contribution >= 4 is 39.5 Å². The van der Waals surface area contributed by atoms with Crippen molar-refractivity contribution in [2.45, 2.75) is 375 Å². The first-order valence-corrected chi connectivity index (χ1v) is 40.2. The van der Waals surface area contributed by atoms with Crippen molar-refractivity contribution in [2.24, 2.45) is 23.7 Å². The van der Waals surface area contributed by atoms with Gasteiger partial charge in [-0.15, -0.1) is 0 Å². The highest BCUT2D eigenvalue weighted by Crippen LogP contribution is 2.45. The van der Waals surface area contributed by atoms with Gasteiger partial charge in [-0.3, -0.25) is 37.3 Å². The molecule has 0 aliphatic carbocycles. The predicted octanol–water partition coefficient (Wildman–Crippen LogP) is 20.5. The first kappa shape index (κ1) is 89.1. The van der Waals surface area contributed by atoms with E-state index in [1.54, 1.807) is 0 Å². The topological polar surface area (TPSA) is 237 Å². The number of hydrogen-bond acceptors (Lipinski definition) is 15. The fourth-order valence-electron chi connectivity index (χ4n) is 10.8. The van der Waals surface area contributed by atoms with Gasteiger partial charge in [0.05, 0.1) is 26.4 Å². The third-order valence-electron chi connectivity index (χ3n) is 16.6. The molecule has 2 unspecified atom stereocenters. The van der Waals surface area contributed by atoms with Gasteiger partial charge in [-0.2, -0.15) is 0 Å². The van der Waals surface area contributed by atoms with Crippen LogP contribution in [0.3, 0.4) is 0 Å². The number of phosphoric ester groups is 2. The van der Waals surface area contributed by atoms with Crippen LogP contribution in [0.4, 0.5) is 0 Å². The minimum Gasteiger partial charge on any atom is -0.462 e. The summed E-state index contributed by atoms with van der Waals surface area (Å²) >= 11 is 0. The van der Waals surface area contributed by atoms with Crippen LogP contribution in [0.25, 0.3) is 0 Å². The molecule has 91 heavy (non-hydrogen) atoms. The number of aliphatic hydroxyl groups is 1. The molecule has 0 radical (unpaired) electrons. The van der Waals surface area contributed by atoms with Gasteiger partial charge in [-0.1, -0.05) is 306 Å². The second-order valence-corrected chi connectivity index (χ2v) is 30.8. The van der Waals surface area contributed by atoms with Gasteiger partial charge in [0, 0.05) is 25.7 Å². The van der Waals surface area contributed by atoms with Crippen LogP contribution in [-0.4, -0.2) is 96.7 Å². The Hall–Kier alpha value is -1.94. The monoisotopic (exact) mass is 1340 g/mol. The standard InChI is InChI=1S/C72H140O17P2/c1-62(2)48-40-32-24-19-15-11-9-10-12-17-21-27-36-44-52-69(74)82-58-67(89-72(77)55-47-39-29-23-26-34-42-50-64(5)6)60-86-90(78,79)84-56-66(73)57-85-91(80,81)87-61-68(59-83-70(75)53-45-37-31-30-35-43-51-65(7)8)88-71(76)54-46-38-28-22-18-14-13-16-20-25-33-41-49-63(3)4/h62-68,73H,9-61H2,1-8H3,(H,78,79)(H,80,81)/t66-,67-,68-/m1/s1. The molecular weight excluding hydrogens is 1200 g/mol. The lowest BCUT2D eigenvalue weighted by Gasteiger charge is -2.21. The van der Waals surface area contributed by atoms with Crippen molar-refractivity contribution in [2.75, 3.05) is 39.6 Å². The molecule has 540 valence electrons. The van der Waals surface area contributed by atoms with E-state index in [1.165, 1.54) is 154 Å². The van der Waals surface area contributed by atoms with Gasteiger partial charge < -0.3 is 33.8 Å². The molecule has 0 aromatic rings. The molecule has 0 aliphatic heterocycles.